The van der Waals surface area contributed by atoms with Gasteiger partial charge in [-0.05, 0) is 43.9 Å². The van der Waals surface area contributed by atoms with Crippen molar-refractivity contribution in [1.29, 1.82) is 0 Å². The number of hydrogen-bond acceptors (Lipinski definition) is 2. The highest BCUT2D eigenvalue weighted by molar-refractivity contribution is 5.45. The Hall–Kier alpha value is -1.02. The molecule has 1 saturated carbocycles. The fourth-order valence-corrected chi connectivity index (χ4v) is 1.91. The zero-order chi connectivity index (χ0) is 11.1. The first-order chi connectivity index (χ1) is 7.06. The van der Waals surface area contributed by atoms with Gasteiger partial charge in [-0.15, -0.1) is 0 Å². The van der Waals surface area contributed by atoms with Gasteiger partial charge in [0.15, 0.2) is 0 Å². The van der Waals surface area contributed by atoms with Crippen LogP contribution in [0.4, 0.5) is 0 Å². The molecule has 1 aromatic rings. The highest BCUT2D eigenvalue weighted by Gasteiger charge is 2.41. The molecule has 0 atom stereocenters. The predicted molar refractivity (Wildman–Crippen MR) is 60.4 cm³/mol. The molecule has 2 heteroatoms. The van der Waals surface area contributed by atoms with Crippen LogP contribution in [0.25, 0.3) is 0 Å². The maximum Gasteiger partial charge on any atom is 0.122 e. The van der Waals surface area contributed by atoms with Crippen molar-refractivity contribution in [3.63, 3.8) is 0 Å². The first-order valence-electron chi connectivity index (χ1n) is 5.41. The second-order valence-corrected chi connectivity index (χ2v) is 4.59. The Morgan fingerprint density at radius 2 is 2.00 bits per heavy atom. The highest BCUT2D eigenvalue weighted by atomic mass is 16.5. The average Bonchev–Trinajstić information content (AvgIpc) is 2.92. The number of rotatable bonds is 3. The Kier molecular flexibility index (Phi) is 2.47. The summed E-state index contributed by atoms with van der Waals surface area (Å²) in [6.07, 6.45) is 2.57. The molecule has 2 nitrogen and oxygen atoms in total. The van der Waals surface area contributed by atoms with E-state index in [4.69, 9.17) is 4.74 Å². The molecule has 1 aliphatic carbocycles. The van der Waals surface area contributed by atoms with Gasteiger partial charge in [-0.1, -0.05) is 6.07 Å². The van der Waals surface area contributed by atoms with Crippen molar-refractivity contribution in [2.24, 2.45) is 0 Å². The molecule has 15 heavy (non-hydrogen) atoms. The Morgan fingerprint density at radius 3 is 2.53 bits per heavy atom. The quantitative estimate of drug-likeness (QED) is 0.822. The van der Waals surface area contributed by atoms with Gasteiger partial charge >= 0.3 is 0 Å². The average molecular weight is 206 g/mol. The van der Waals surface area contributed by atoms with Crippen LogP contribution in [0, 0.1) is 13.8 Å². The highest BCUT2D eigenvalue weighted by Crippen LogP contribution is 2.41. The minimum absolute atomic E-state index is 0.453. The third-order valence-electron chi connectivity index (χ3n) is 3.38. The lowest BCUT2D eigenvalue weighted by Crippen LogP contribution is -2.13. The first-order valence-corrected chi connectivity index (χ1v) is 5.41. The minimum Gasteiger partial charge on any atom is -0.496 e. The number of aliphatic hydroxyl groups is 1. The molecule has 0 aromatic heterocycles. The topological polar surface area (TPSA) is 29.5 Å². The zero-order valence-electron chi connectivity index (χ0n) is 9.63. The van der Waals surface area contributed by atoms with Crippen LogP contribution in [0.5, 0.6) is 5.75 Å². The van der Waals surface area contributed by atoms with Crippen LogP contribution < -0.4 is 4.74 Å². The van der Waals surface area contributed by atoms with Crippen molar-refractivity contribution in [1.82, 2.24) is 0 Å². The minimum atomic E-state index is -0.453. The summed E-state index contributed by atoms with van der Waals surface area (Å²) in [6.45, 7) is 4.19. The van der Waals surface area contributed by atoms with Gasteiger partial charge in [0.25, 0.3) is 0 Å². The number of methoxy groups -OCH3 is 1. The molecule has 0 amide bonds. The van der Waals surface area contributed by atoms with Gasteiger partial charge < -0.3 is 9.84 Å². The smallest absolute Gasteiger partial charge is 0.122 e. The molecule has 0 aliphatic heterocycles. The lowest BCUT2D eigenvalue weighted by molar-refractivity contribution is 0.149. The maximum atomic E-state index is 9.96. The summed E-state index contributed by atoms with van der Waals surface area (Å²) in [6, 6.07) is 4.05. The van der Waals surface area contributed by atoms with E-state index in [0.717, 1.165) is 30.6 Å². The van der Waals surface area contributed by atoms with Crippen molar-refractivity contribution >= 4 is 0 Å². The molecule has 1 aliphatic rings. The van der Waals surface area contributed by atoms with Crippen molar-refractivity contribution in [3.05, 3.63) is 28.8 Å². The van der Waals surface area contributed by atoms with Gasteiger partial charge in [-0.25, -0.2) is 0 Å². The van der Waals surface area contributed by atoms with Gasteiger partial charge in [-0.3, -0.25) is 0 Å². The molecule has 0 radical (unpaired) electrons. The third kappa shape index (κ3) is 2.00. The van der Waals surface area contributed by atoms with Crippen molar-refractivity contribution in [2.45, 2.75) is 38.7 Å². The second-order valence-electron chi connectivity index (χ2n) is 4.59. The van der Waals surface area contributed by atoms with Crippen LogP contribution in [0.15, 0.2) is 12.1 Å². The molecular weight excluding hydrogens is 188 g/mol. The second kappa shape index (κ2) is 3.53. The number of aryl methyl sites for hydroxylation is 1. The van der Waals surface area contributed by atoms with Crippen molar-refractivity contribution in [3.8, 4) is 5.75 Å². The molecule has 0 spiro atoms. The van der Waals surface area contributed by atoms with E-state index in [1.165, 1.54) is 11.1 Å². The van der Waals surface area contributed by atoms with E-state index in [9.17, 15) is 5.11 Å². The summed E-state index contributed by atoms with van der Waals surface area (Å²) in [4.78, 5) is 0. The number of hydrogen-bond donors (Lipinski definition) is 1. The summed E-state index contributed by atoms with van der Waals surface area (Å²) < 4.78 is 5.34. The molecule has 0 unspecified atom stereocenters. The number of benzene rings is 1. The lowest BCUT2D eigenvalue weighted by atomic mass is 9.96. The Balaban J connectivity index is 2.37. The standard InChI is InChI=1S/C13H18O2/c1-9-4-5-12(15-3)11(10(9)2)8-13(14)6-7-13/h4-5,14H,6-8H2,1-3H3. The summed E-state index contributed by atoms with van der Waals surface area (Å²) in [5, 5.41) is 9.96. The third-order valence-corrected chi connectivity index (χ3v) is 3.38. The fourth-order valence-electron chi connectivity index (χ4n) is 1.91. The molecule has 0 bridgehead atoms. The van der Waals surface area contributed by atoms with Gasteiger partial charge in [0.2, 0.25) is 0 Å². The van der Waals surface area contributed by atoms with Crippen molar-refractivity contribution < 1.29 is 9.84 Å². The van der Waals surface area contributed by atoms with Crippen LogP contribution in [0.1, 0.15) is 29.5 Å². The normalized spacial score (nSPS) is 17.6. The largest absolute Gasteiger partial charge is 0.496 e. The number of ether oxygens (including phenoxy) is 1. The van der Waals surface area contributed by atoms with Crippen LogP contribution in [-0.2, 0) is 6.42 Å². The molecule has 0 heterocycles. The van der Waals surface area contributed by atoms with E-state index in [1.54, 1.807) is 7.11 Å². The Morgan fingerprint density at radius 1 is 1.33 bits per heavy atom. The van der Waals surface area contributed by atoms with E-state index in [0.29, 0.717) is 0 Å². The molecular formula is C13H18O2. The molecule has 1 fully saturated rings. The molecule has 2 rings (SSSR count). The van der Waals surface area contributed by atoms with Crippen LogP contribution >= 0.6 is 0 Å². The maximum absolute atomic E-state index is 9.96. The first kappa shape index (κ1) is 10.5. The van der Waals surface area contributed by atoms with E-state index in [-0.39, 0.29) is 0 Å². The predicted octanol–water partition coefficient (Wildman–Crippen LogP) is 2.38. The Labute approximate surface area is 90.9 Å². The zero-order valence-corrected chi connectivity index (χ0v) is 9.63. The van der Waals surface area contributed by atoms with E-state index in [1.807, 2.05) is 6.07 Å². The van der Waals surface area contributed by atoms with Gasteiger partial charge in [-0.2, -0.15) is 0 Å². The van der Waals surface area contributed by atoms with Gasteiger partial charge in [0.05, 0.1) is 12.7 Å². The van der Waals surface area contributed by atoms with Crippen LogP contribution in [0.3, 0.4) is 0 Å². The fraction of sp³-hybridized carbons (Fsp3) is 0.538. The summed E-state index contributed by atoms with van der Waals surface area (Å²) >= 11 is 0. The van der Waals surface area contributed by atoms with Gasteiger partial charge in [0.1, 0.15) is 5.75 Å². The summed E-state index contributed by atoms with van der Waals surface area (Å²) in [7, 11) is 1.69. The van der Waals surface area contributed by atoms with Gasteiger partial charge in [0, 0.05) is 12.0 Å². The van der Waals surface area contributed by atoms with E-state index < -0.39 is 5.60 Å². The monoisotopic (exact) mass is 206 g/mol. The summed E-state index contributed by atoms with van der Waals surface area (Å²) in [5.41, 5.74) is 3.22. The SMILES string of the molecule is COc1ccc(C)c(C)c1CC1(O)CC1. The Bertz CT molecular complexity index is 378. The lowest BCUT2D eigenvalue weighted by Gasteiger charge is -2.16. The van der Waals surface area contributed by atoms with Crippen LogP contribution in [0.2, 0.25) is 0 Å². The molecule has 1 aromatic carbocycles. The van der Waals surface area contributed by atoms with Crippen molar-refractivity contribution in [2.75, 3.05) is 7.11 Å². The molecule has 82 valence electrons. The van der Waals surface area contributed by atoms with E-state index >= 15 is 0 Å². The van der Waals surface area contributed by atoms with Crippen LogP contribution in [-0.4, -0.2) is 17.8 Å². The van der Waals surface area contributed by atoms with E-state index in [2.05, 4.69) is 19.9 Å². The summed E-state index contributed by atoms with van der Waals surface area (Å²) in [5.74, 6) is 0.901. The molecule has 0 saturated heterocycles. The molecule has 1 N–H and O–H groups in total.